The molecule has 0 saturated carbocycles. The molecule has 4 nitrogen and oxygen atoms in total. The zero-order valence-corrected chi connectivity index (χ0v) is 11.2. The van der Waals surface area contributed by atoms with Crippen LogP contribution in [0.3, 0.4) is 0 Å². The molecule has 1 aliphatic rings. The van der Waals surface area contributed by atoms with Crippen molar-refractivity contribution in [3.63, 3.8) is 0 Å². The first kappa shape index (κ1) is 12.3. The Kier molecular flexibility index (Phi) is 3.64. The molecule has 0 atom stereocenters. The van der Waals surface area contributed by atoms with Crippen molar-refractivity contribution >= 4 is 5.82 Å². The van der Waals surface area contributed by atoms with Gasteiger partial charge in [0, 0.05) is 32.7 Å². The van der Waals surface area contributed by atoms with E-state index in [-0.39, 0.29) is 0 Å². The molecule has 2 heterocycles. The molecule has 0 saturated heterocycles. The van der Waals surface area contributed by atoms with E-state index in [9.17, 15) is 0 Å². The van der Waals surface area contributed by atoms with Gasteiger partial charge in [0.2, 0.25) is 0 Å². The number of nitrogens with one attached hydrogen (secondary N) is 2. The molecule has 1 aromatic heterocycles. The van der Waals surface area contributed by atoms with E-state index in [1.165, 1.54) is 16.8 Å². The van der Waals surface area contributed by atoms with Gasteiger partial charge in [-0.25, -0.2) is 4.98 Å². The summed E-state index contributed by atoms with van der Waals surface area (Å²) in [5.74, 6) is 1.08. The van der Waals surface area contributed by atoms with Crippen LogP contribution < -0.4 is 15.5 Å². The smallest absolute Gasteiger partial charge is 0.129 e. The molecular weight excluding hydrogens is 212 g/mol. The number of pyridine rings is 1. The summed E-state index contributed by atoms with van der Waals surface area (Å²) in [6.07, 6.45) is 0. The van der Waals surface area contributed by atoms with E-state index < -0.39 is 0 Å². The fourth-order valence-electron chi connectivity index (χ4n) is 2.12. The lowest BCUT2D eigenvalue weighted by molar-refractivity contribution is 0.724. The average molecular weight is 234 g/mol. The Morgan fingerprint density at radius 3 is 2.88 bits per heavy atom. The zero-order valence-electron chi connectivity index (χ0n) is 11.2. The van der Waals surface area contributed by atoms with Gasteiger partial charge in [-0.05, 0) is 38.1 Å². The molecule has 4 heteroatoms. The van der Waals surface area contributed by atoms with Crippen LogP contribution in [0.2, 0.25) is 0 Å². The van der Waals surface area contributed by atoms with E-state index >= 15 is 0 Å². The highest BCUT2D eigenvalue weighted by Crippen LogP contribution is 2.24. The third kappa shape index (κ3) is 2.42. The molecule has 0 unspecified atom stereocenters. The van der Waals surface area contributed by atoms with Gasteiger partial charge in [-0.1, -0.05) is 0 Å². The van der Waals surface area contributed by atoms with Crippen molar-refractivity contribution < 1.29 is 0 Å². The first-order chi connectivity index (χ1) is 8.13. The molecule has 0 spiro atoms. The molecule has 1 aliphatic heterocycles. The van der Waals surface area contributed by atoms with E-state index in [0.717, 1.165) is 25.5 Å². The number of hydrogen-bond acceptors (Lipinski definition) is 4. The molecule has 17 heavy (non-hydrogen) atoms. The minimum absolute atomic E-state index is 0.470. The summed E-state index contributed by atoms with van der Waals surface area (Å²) in [6.45, 7) is 7.12. The van der Waals surface area contributed by atoms with Crippen LogP contribution in [-0.4, -0.2) is 25.1 Å². The third-order valence-electron chi connectivity index (χ3n) is 3.39. The van der Waals surface area contributed by atoms with Gasteiger partial charge in [0.25, 0.3) is 0 Å². The fraction of sp³-hybridized carbons (Fsp3) is 0.615. The SMILES string of the molecule is CNCc1nc(N(C)C(C)C)cc2c1CNC2. The topological polar surface area (TPSA) is 40.2 Å². The van der Waals surface area contributed by atoms with Crippen molar-refractivity contribution in [2.24, 2.45) is 0 Å². The molecular formula is C13H22N4. The monoisotopic (exact) mass is 234 g/mol. The van der Waals surface area contributed by atoms with E-state index in [1.807, 2.05) is 7.05 Å². The fourth-order valence-corrected chi connectivity index (χ4v) is 2.12. The molecule has 2 rings (SSSR count). The maximum atomic E-state index is 4.78. The Hall–Kier alpha value is -1.13. The van der Waals surface area contributed by atoms with Crippen molar-refractivity contribution in [2.45, 2.75) is 39.5 Å². The Morgan fingerprint density at radius 2 is 2.24 bits per heavy atom. The molecule has 0 aliphatic carbocycles. The van der Waals surface area contributed by atoms with Gasteiger partial charge in [-0.15, -0.1) is 0 Å². The van der Waals surface area contributed by atoms with Gasteiger partial charge in [0.1, 0.15) is 5.82 Å². The first-order valence-corrected chi connectivity index (χ1v) is 6.23. The molecule has 0 aromatic carbocycles. The molecule has 0 amide bonds. The van der Waals surface area contributed by atoms with Crippen molar-refractivity contribution in [3.05, 3.63) is 22.9 Å². The van der Waals surface area contributed by atoms with Gasteiger partial charge in [0.15, 0.2) is 0 Å². The Labute approximate surface area is 103 Å². The first-order valence-electron chi connectivity index (χ1n) is 6.23. The summed E-state index contributed by atoms with van der Waals surface area (Å²) in [4.78, 5) is 7.00. The molecule has 1 aromatic rings. The predicted molar refractivity (Wildman–Crippen MR) is 71.1 cm³/mol. The van der Waals surface area contributed by atoms with Crippen LogP contribution in [0, 0.1) is 0 Å². The molecule has 2 N–H and O–H groups in total. The van der Waals surface area contributed by atoms with E-state index in [1.54, 1.807) is 0 Å². The maximum absolute atomic E-state index is 4.78. The molecule has 0 radical (unpaired) electrons. The minimum Gasteiger partial charge on any atom is -0.357 e. The number of rotatable bonds is 4. The standard InChI is InChI=1S/C13H22N4/c1-9(2)17(4)13-5-10-6-15-7-11(10)12(16-13)8-14-3/h5,9,14-15H,6-8H2,1-4H3. The second-order valence-electron chi connectivity index (χ2n) is 4.90. The van der Waals surface area contributed by atoms with Gasteiger partial charge in [-0.3, -0.25) is 0 Å². The number of fused-ring (bicyclic) bond motifs is 1. The largest absolute Gasteiger partial charge is 0.357 e. The summed E-state index contributed by atoms with van der Waals surface area (Å²) in [7, 11) is 4.07. The normalized spacial score (nSPS) is 14.2. The highest BCUT2D eigenvalue weighted by molar-refractivity contribution is 5.48. The quantitative estimate of drug-likeness (QED) is 0.822. The molecule has 94 valence electrons. The number of hydrogen-bond donors (Lipinski definition) is 2. The van der Waals surface area contributed by atoms with Crippen molar-refractivity contribution in [3.8, 4) is 0 Å². The van der Waals surface area contributed by atoms with Gasteiger partial charge >= 0.3 is 0 Å². The van der Waals surface area contributed by atoms with Gasteiger partial charge < -0.3 is 15.5 Å². The second-order valence-corrected chi connectivity index (χ2v) is 4.90. The third-order valence-corrected chi connectivity index (χ3v) is 3.39. The van der Waals surface area contributed by atoms with Gasteiger partial charge in [0.05, 0.1) is 5.69 Å². The zero-order chi connectivity index (χ0) is 12.4. The lowest BCUT2D eigenvalue weighted by Gasteiger charge is -2.24. The number of aromatic nitrogens is 1. The summed E-state index contributed by atoms with van der Waals surface area (Å²) in [6, 6.07) is 2.69. The summed E-state index contributed by atoms with van der Waals surface area (Å²) < 4.78 is 0. The van der Waals surface area contributed by atoms with Crippen LogP contribution in [0.25, 0.3) is 0 Å². The Balaban J connectivity index is 2.39. The summed E-state index contributed by atoms with van der Waals surface area (Å²) in [5, 5.41) is 6.60. The van der Waals surface area contributed by atoms with Crippen LogP contribution in [0.15, 0.2) is 6.07 Å². The van der Waals surface area contributed by atoms with Crippen molar-refractivity contribution in [2.75, 3.05) is 19.0 Å². The Morgan fingerprint density at radius 1 is 1.47 bits per heavy atom. The van der Waals surface area contributed by atoms with Crippen LogP contribution in [0.4, 0.5) is 5.82 Å². The van der Waals surface area contributed by atoms with E-state index in [0.29, 0.717) is 6.04 Å². The van der Waals surface area contributed by atoms with Crippen LogP contribution in [0.5, 0.6) is 0 Å². The molecule has 0 fully saturated rings. The minimum atomic E-state index is 0.470. The van der Waals surface area contributed by atoms with Crippen molar-refractivity contribution in [1.29, 1.82) is 0 Å². The number of nitrogens with zero attached hydrogens (tertiary/aromatic N) is 2. The highest BCUT2D eigenvalue weighted by Gasteiger charge is 2.18. The van der Waals surface area contributed by atoms with Crippen LogP contribution >= 0.6 is 0 Å². The molecule has 0 bridgehead atoms. The number of anilines is 1. The summed E-state index contributed by atoms with van der Waals surface area (Å²) >= 11 is 0. The predicted octanol–water partition coefficient (Wildman–Crippen LogP) is 1.25. The highest BCUT2D eigenvalue weighted by atomic mass is 15.2. The van der Waals surface area contributed by atoms with E-state index in [4.69, 9.17) is 4.98 Å². The lowest BCUT2D eigenvalue weighted by Crippen LogP contribution is -2.27. The average Bonchev–Trinajstić information content (AvgIpc) is 2.76. The maximum Gasteiger partial charge on any atom is 0.129 e. The van der Waals surface area contributed by atoms with E-state index in [2.05, 4.69) is 42.5 Å². The summed E-state index contributed by atoms with van der Waals surface area (Å²) in [5.41, 5.74) is 3.95. The lowest BCUT2D eigenvalue weighted by atomic mass is 10.1. The van der Waals surface area contributed by atoms with Crippen molar-refractivity contribution in [1.82, 2.24) is 15.6 Å². The second kappa shape index (κ2) is 5.02. The Bertz CT molecular complexity index is 401. The van der Waals surface area contributed by atoms with Gasteiger partial charge in [-0.2, -0.15) is 0 Å². The van der Waals surface area contributed by atoms with Crippen LogP contribution in [0.1, 0.15) is 30.7 Å². The van der Waals surface area contributed by atoms with Crippen LogP contribution in [-0.2, 0) is 19.6 Å².